The first-order valence-corrected chi connectivity index (χ1v) is 8.74. The Kier molecular flexibility index (Phi) is 5.64. The largest absolute Gasteiger partial charge is 0.349 e. The fourth-order valence-electron chi connectivity index (χ4n) is 3.31. The van der Waals surface area contributed by atoms with Crippen molar-refractivity contribution in [3.8, 4) is 11.8 Å². The molecule has 1 aromatic carbocycles. The molecule has 1 saturated carbocycles. The molecule has 2 N–H and O–H groups in total. The van der Waals surface area contributed by atoms with Gasteiger partial charge in [0.1, 0.15) is 6.54 Å². The lowest BCUT2D eigenvalue weighted by Crippen LogP contribution is -2.48. The van der Waals surface area contributed by atoms with E-state index in [9.17, 15) is 9.59 Å². The van der Waals surface area contributed by atoms with Crippen molar-refractivity contribution in [3.05, 3.63) is 48.3 Å². The molecule has 0 aliphatic heterocycles. The summed E-state index contributed by atoms with van der Waals surface area (Å²) < 4.78 is 1.72. The quantitative estimate of drug-likeness (QED) is 0.802. The Morgan fingerprint density at radius 2 is 2.00 bits per heavy atom. The van der Waals surface area contributed by atoms with E-state index in [1.54, 1.807) is 23.0 Å². The van der Waals surface area contributed by atoms with Crippen LogP contribution in [0.5, 0.6) is 0 Å². The molecule has 0 unspecified atom stereocenters. The van der Waals surface area contributed by atoms with E-state index in [1.165, 1.54) is 0 Å². The van der Waals surface area contributed by atoms with Crippen molar-refractivity contribution in [1.82, 2.24) is 20.4 Å². The van der Waals surface area contributed by atoms with Gasteiger partial charge in [0.25, 0.3) is 5.91 Å². The number of benzene rings is 1. The maximum Gasteiger partial charge on any atom is 0.251 e. The molecule has 1 aliphatic carbocycles. The van der Waals surface area contributed by atoms with Gasteiger partial charge >= 0.3 is 0 Å². The van der Waals surface area contributed by atoms with Gasteiger partial charge in [0.05, 0.1) is 17.7 Å². The zero-order valence-electron chi connectivity index (χ0n) is 14.4. The molecule has 26 heavy (non-hydrogen) atoms. The number of aromatic nitrogens is 2. The molecule has 134 valence electrons. The molecule has 0 saturated heterocycles. The second-order valence-corrected chi connectivity index (χ2v) is 6.34. The SMILES string of the molecule is N#CCNC(=O)[C@@H]1CCCC[C@@H]1NC(=O)c1ccc(-n2cccn2)cc1. The lowest BCUT2D eigenvalue weighted by atomic mass is 9.83. The number of rotatable bonds is 5. The van der Waals surface area contributed by atoms with Crippen LogP contribution in [-0.2, 0) is 4.79 Å². The van der Waals surface area contributed by atoms with Gasteiger partial charge in [-0.05, 0) is 43.2 Å². The number of hydrogen-bond donors (Lipinski definition) is 2. The summed E-state index contributed by atoms with van der Waals surface area (Å²) >= 11 is 0. The van der Waals surface area contributed by atoms with E-state index in [2.05, 4.69) is 15.7 Å². The zero-order valence-corrected chi connectivity index (χ0v) is 14.4. The number of carbonyl (C=O) groups is 2. The highest BCUT2D eigenvalue weighted by Crippen LogP contribution is 2.25. The molecular weight excluding hydrogens is 330 g/mol. The number of carbonyl (C=O) groups excluding carboxylic acids is 2. The smallest absolute Gasteiger partial charge is 0.251 e. The molecule has 0 radical (unpaired) electrons. The molecule has 2 amide bonds. The second-order valence-electron chi connectivity index (χ2n) is 6.34. The van der Waals surface area contributed by atoms with Crippen LogP contribution >= 0.6 is 0 Å². The van der Waals surface area contributed by atoms with Crippen LogP contribution in [0.25, 0.3) is 5.69 Å². The van der Waals surface area contributed by atoms with Crippen LogP contribution in [0.2, 0.25) is 0 Å². The zero-order chi connectivity index (χ0) is 18.4. The van der Waals surface area contributed by atoms with Gasteiger partial charge in [0.2, 0.25) is 5.91 Å². The summed E-state index contributed by atoms with van der Waals surface area (Å²) in [6.07, 6.45) is 6.95. The Hall–Kier alpha value is -3.14. The number of nitrogens with one attached hydrogen (secondary N) is 2. The highest BCUT2D eigenvalue weighted by atomic mass is 16.2. The first-order chi connectivity index (χ1) is 12.7. The van der Waals surface area contributed by atoms with Crippen molar-refractivity contribution in [2.24, 2.45) is 5.92 Å². The third kappa shape index (κ3) is 4.09. The summed E-state index contributed by atoms with van der Waals surface area (Å²) in [5.41, 5.74) is 1.42. The standard InChI is InChI=1S/C19H21N5O2/c20-10-12-21-19(26)16-4-1-2-5-17(16)23-18(25)14-6-8-15(9-7-14)24-13-3-11-22-24/h3,6-9,11,13,16-17H,1-2,4-5,12H2,(H,21,26)(H,23,25)/t16-,17+/m1/s1. The normalized spacial score (nSPS) is 19.3. The van der Waals surface area contributed by atoms with Gasteiger partial charge in [-0.25, -0.2) is 4.68 Å². The fourth-order valence-corrected chi connectivity index (χ4v) is 3.31. The minimum Gasteiger partial charge on any atom is -0.349 e. The maximum absolute atomic E-state index is 12.6. The van der Waals surface area contributed by atoms with E-state index in [1.807, 2.05) is 30.5 Å². The predicted octanol–water partition coefficient (Wildman–Crippen LogP) is 1.80. The predicted molar refractivity (Wildman–Crippen MR) is 95.4 cm³/mol. The first-order valence-electron chi connectivity index (χ1n) is 8.74. The highest BCUT2D eigenvalue weighted by Gasteiger charge is 2.32. The molecule has 2 aromatic rings. The summed E-state index contributed by atoms with van der Waals surface area (Å²) in [5.74, 6) is -0.642. The van der Waals surface area contributed by atoms with Crippen molar-refractivity contribution in [2.75, 3.05) is 6.54 Å². The van der Waals surface area contributed by atoms with E-state index in [0.717, 1.165) is 31.4 Å². The van der Waals surface area contributed by atoms with Crippen LogP contribution in [0.1, 0.15) is 36.0 Å². The summed E-state index contributed by atoms with van der Waals surface area (Å²) in [4.78, 5) is 24.8. The van der Waals surface area contributed by atoms with Crippen molar-refractivity contribution in [1.29, 1.82) is 5.26 Å². The molecule has 3 rings (SSSR count). The molecule has 0 spiro atoms. The van der Waals surface area contributed by atoms with E-state index in [4.69, 9.17) is 5.26 Å². The lowest BCUT2D eigenvalue weighted by molar-refractivity contribution is -0.126. The van der Waals surface area contributed by atoms with Gasteiger partial charge in [-0.15, -0.1) is 0 Å². The Bertz CT molecular complexity index is 792. The first kappa shape index (κ1) is 17.7. The van der Waals surface area contributed by atoms with Crippen LogP contribution in [0.15, 0.2) is 42.7 Å². The molecule has 2 atom stereocenters. The van der Waals surface area contributed by atoms with E-state index in [-0.39, 0.29) is 30.3 Å². The molecule has 7 nitrogen and oxygen atoms in total. The third-order valence-corrected chi connectivity index (χ3v) is 4.66. The van der Waals surface area contributed by atoms with Gasteiger partial charge < -0.3 is 10.6 Å². The summed E-state index contributed by atoms with van der Waals surface area (Å²) in [7, 11) is 0. The monoisotopic (exact) mass is 351 g/mol. The lowest BCUT2D eigenvalue weighted by Gasteiger charge is -2.31. The summed E-state index contributed by atoms with van der Waals surface area (Å²) in [5, 5.41) is 18.4. The minimum atomic E-state index is -0.288. The molecule has 1 aliphatic rings. The molecule has 1 fully saturated rings. The topological polar surface area (TPSA) is 99.8 Å². The highest BCUT2D eigenvalue weighted by molar-refractivity contribution is 5.95. The number of hydrogen-bond acceptors (Lipinski definition) is 4. The minimum absolute atomic E-state index is 0.00904. The van der Waals surface area contributed by atoms with Crippen LogP contribution < -0.4 is 10.6 Å². The Balaban J connectivity index is 1.65. The van der Waals surface area contributed by atoms with E-state index in [0.29, 0.717) is 5.56 Å². The van der Waals surface area contributed by atoms with Crippen molar-refractivity contribution < 1.29 is 9.59 Å². The van der Waals surface area contributed by atoms with Crippen LogP contribution in [0.4, 0.5) is 0 Å². The van der Waals surface area contributed by atoms with Gasteiger partial charge in [-0.3, -0.25) is 9.59 Å². The Labute approximate surface area is 152 Å². The number of amides is 2. The van der Waals surface area contributed by atoms with Gasteiger partial charge in [-0.1, -0.05) is 12.8 Å². The van der Waals surface area contributed by atoms with Gasteiger partial charge in [0.15, 0.2) is 0 Å². The number of nitriles is 1. The molecular formula is C19H21N5O2. The Morgan fingerprint density at radius 1 is 1.23 bits per heavy atom. The summed E-state index contributed by atoms with van der Waals surface area (Å²) in [6.45, 7) is -0.00904. The fraction of sp³-hybridized carbons (Fsp3) is 0.368. The van der Waals surface area contributed by atoms with Gasteiger partial charge in [-0.2, -0.15) is 10.4 Å². The van der Waals surface area contributed by atoms with E-state index < -0.39 is 0 Å². The average Bonchev–Trinajstić information content (AvgIpc) is 3.21. The van der Waals surface area contributed by atoms with Crippen LogP contribution in [0.3, 0.4) is 0 Å². The molecule has 7 heteroatoms. The molecule has 1 aromatic heterocycles. The van der Waals surface area contributed by atoms with Crippen molar-refractivity contribution in [3.63, 3.8) is 0 Å². The number of nitrogens with zero attached hydrogens (tertiary/aromatic N) is 3. The van der Waals surface area contributed by atoms with Crippen LogP contribution in [-0.4, -0.2) is 34.2 Å². The summed E-state index contributed by atoms with van der Waals surface area (Å²) in [6, 6.07) is 10.7. The maximum atomic E-state index is 12.6. The molecule has 1 heterocycles. The van der Waals surface area contributed by atoms with Crippen molar-refractivity contribution in [2.45, 2.75) is 31.7 Å². The Morgan fingerprint density at radius 3 is 2.69 bits per heavy atom. The average molecular weight is 351 g/mol. The van der Waals surface area contributed by atoms with E-state index >= 15 is 0 Å². The van der Waals surface area contributed by atoms with Crippen molar-refractivity contribution >= 4 is 11.8 Å². The second kappa shape index (κ2) is 8.30. The third-order valence-electron chi connectivity index (χ3n) is 4.66. The van der Waals surface area contributed by atoms with Crippen LogP contribution in [0, 0.1) is 17.2 Å². The van der Waals surface area contributed by atoms with Gasteiger partial charge in [0, 0.05) is 24.0 Å². The molecule has 0 bridgehead atoms.